The summed E-state index contributed by atoms with van der Waals surface area (Å²) in [7, 11) is 0. The molecule has 1 aliphatic carbocycles. The Hall–Kier alpha value is -1.32. The second kappa shape index (κ2) is 12.1. The Morgan fingerprint density at radius 1 is 0.923 bits per heavy atom. The van der Waals surface area contributed by atoms with Crippen molar-refractivity contribution in [2.45, 2.75) is 97.3 Å². The van der Waals surface area contributed by atoms with Crippen molar-refractivity contribution in [1.29, 1.82) is 0 Å². The first kappa shape index (κ1) is 22.7. The molecule has 2 N–H and O–H groups in total. The molecule has 0 fully saturated rings. The number of carboxylic acid groups (broad SMARTS) is 2. The van der Waals surface area contributed by atoms with E-state index >= 15 is 0 Å². The van der Waals surface area contributed by atoms with E-state index in [9.17, 15) is 14.7 Å². The third-order valence-electron chi connectivity index (χ3n) is 5.94. The van der Waals surface area contributed by atoms with E-state index in [1.807, 2.05) is 6.92 Å². The fourth-order valence-corrected chi connectivity index (χ4v) is 4.13. The fraction of sp³-hybridized carbons (Fsp3) is 0.818. The first-order valence-corrected chi connectivity index (χ1v) is 10.5. The minimum Gasteiger partial charge on any atom is -0.481 e. The second-order valence-electron chi connectivity index (χ2n) is 8.23. The van der Waals surface area contributed by atoms with Crippen LogP contribution in [0.2, 0.25) is 0 Å². The molecule has 0 spiro atoms. The predicted molar refractivity (Wildman–Crippen MR) is 105 cm³/mol. The van der Waals surface area contributed by atoms with E-state index in [4.69, 9.17) is 5.11 Å². The molecule has 0 heterocycles. The summed E-state index contributed by atoms with van der Waals surface area (Å²) in [6.07, 6.45) is 17.2. The highest BCUT2D eigenvalue weighted by Crippen LogP contribution is 2.44. The quantitative estimate of drug-likeness (QED) is 0.290. The number of aliphatic carboxylic acids is 2. The van der Waals surface area contributed by atoms with E-state index in [0.29, 0.717) is 5.92 Å². The average molecular weight is 367 g/mol. The van der Waals surface area contributed by atoms with Crippen LogP contribution in [0.15, 0.2) is 12.2 Å². The Balaban J connectivity index is 2.40. The molecular weight excluding hydrogens is 328 g/mol. The van der Waals surface area contributed by atoms with Gasteiger partial charge in [0.15, 0.2) is 0 Å². The van der Waals surface area contributed by atoms with Crippen LogP contribution in [-0.4, -0.2) is 22.2 Å². The lowest BCUT2D eigenvalue weighted by Crippen LogP contribution is -2.39. The third kappa shape index (κ3) is 7.92. The summed E-state index contributed by atoms with van der Waals surface area (Å²) in [6.45, 7) is 4.13. The van der Waals surface area contributed by atoms with Crippen LogP contribution in [0, 0.1) is 17.3 Å². The summed E-state index contributed by atoms with van der Waals surface area (Å²) in [5.41, 5.74) is -0.645. The smallest absolute Gasteiger partial charge is 0.309 e. The molecule has 0 bridgehead atoms. The van der Waals surface area contributed by atoms with Crippen molar-refractivity contribution in [1.82, 2.24) is 0 Å². The van der Waals surface area contributed by atoms with Crippen molar-refractivity contribution in [3.05, 3.63) is 12.2 Å². The van der Waals surface area contributed by atoms with Gasteiger partial charge in [-0.25, -0.2) is 0 Å². The van der Waals surface area contributed by atoms with Crippen LogP contribution in [0.4, 0.5) is 0 Å². The highest BCUT2D eigenvalue weighted by molar-refractivity contribution is 5.75. The van der Waals surface area contributed by atoms with Gasteiger partial charge in [0, 0.05) is 6.42 Å². The van der Waals surface area contributed by atoms with Crippen LogP contribution in [0.25, 0.3) is 0 Å². The second-order valence-corrected chi connectivity index (χ2v) is 8.23. The first-order valence-electron chi connectivity index (χ1n) is 10.5. The highest BCUT2D eigenvalue weighted by atomic mass is 16.4. The van der Waals surface area contributed by atoms with Gasteiger partial charge in [-0.1, -0.05) is 70.4 Å². The fourth-order valence-electron chi connectivity index (χ4n) is 4.13. The average Bonchev–Trinajstić information content (AvgIpc) is 2.59. The molecule has 150 valence electrons. The van der Waals surface area contributed by atoms with E-state index in [2.05, 4.69) is 19.1 Å². The Bertz CT molecular complexity index is 457. The molecule has 0 aromatic heterocycles. The van der Waals surface area contributed by atoms with E-state index in [1.54, 1.807) is 0 Å². The molecule has 3 atom stereocenters. The lowest BCUT2D eigenvalue weighted by Gasteiger charge is -2.38. The highest BCUT2D eigenvalue weighted by Gasteiger charge is 2.43. The SMILES string of the molecule is CCCCCCC1C=CC(CCCCCCCC(=O)O)C(C)(C(=O)O)C1. The number of hydrogen-bond donors (Lipinski definition) is 2. The van der Waals surface area contributed by atoms with Crippen molar-refractivity contribution >= 4 is 11.9 Å². The third-order valence-corrected chi connectivity index (χ3v) is 5.94. The number of carbonyl (C=O) groups is 2. The molecule has 1 rings (SSSR count). The maximum Gasteiger partial charge on any atom is 0.309 e. The molecule has 4 nitrogen and oxygen atoms in total. The van der Waals surface area contributed by atoms with Crippen LogP contribution < -0.4 is 0 Å². The lowest BCUT2D eigenvalue weighted by atomic mass is 9.65. The molecule has 0 saturated carbocycles. The van der Waals surface area contributed by atoms with Gasteiger partial charge in [-0.3, -0.25) is 9.59 Å². The lowest BCUT2D eigenvalue weighted by molar-refractivity contribution is -0.152. The van der Waals surface area contributed by atoms with E-state index in [1.165, 1.54) is 25.7 Å². The molecule has 4 heteroatoms. The van der Waals surface area contributed by atoms with Gasteiger partial charge >= 0.3 is 11.9 Å². The van der Waals surface area contributed by atoms with Crippen molar-refractivity contribution in [3.8, 4) is 0 Å². The number of allylic oxidation sites excluding steroid dienone is 2. The number of unbranched alkanes of at least 4 members (excludes halogenated alkanes) is 7. The normalized spacial score (nSPS) is 25.3. The van der Waals surface area contributed by atoms with Gasteiger partial charge in [-0.05, 0) is 44.4 Å². The molecule has 0 aromatic rings. The summed E-state index contributed by atoms with van der Waals surface area (Å²) in [5, 5.41) is 18.5. The van der Waals surface area contributed by atoms with Gasteiger partial charge in [0.05, 0.1) is 5.41 Å². The summed E-state index contributed by atoms with van der Waals surface area (Å²) in [6, 6.07) is 0. The standard InChI is InChI=1S/C22H38O4/c1-3-4-5-9-12-18-15-16-19(22(2,17-18)21(25)26)13-10-7-6-8-11-14-20(23)24/h15-16,18-19H,3-14,17H2,1-2H3,(H,23,24)(H,25,26). The van der Waals surface area contributed by atoms with Crippen LogP contribution in [-0.2, 0) is 9.59 Å². The van der Waals surface area contributed by atoms with Gasteiger partial charge in [0.1, 0.15) is 0 Å². The predicted octanol–water partition coefficient (Wildman–Crippen LogP) is 6.06. The number of carboxylic acids is 2. The van der Waals surface area contributed by atoms with Gasteiger partial charge < -0.3 is 10.2 Å². The van der Waals surface area contributed by atoms with Crippen molar-refractivity contribution in [2.24, 2.45) is 17.3 Å². The summed E-state index contributed by atoms with van der Waals surface area (Å²) in [5.74, 6) is -0.864. The van der Waals surface area contributed by atoms with Crippen molar-refractivity contribution in [2.75, 3.05) is 0 Å². The zero-order valence-corrected chi connectivity index (χ0v) is 16.7. The van der Waals surface area contributed by atoms with Crippen LogP contribution in [0.3, 0.4) is 0 Å². The Morgan fingerprint density at radius 3 is 2.19 bits per heavy atom. The van der Waals surface area contributed by atoms with Gasteiger partial charge in [0.2, 0.25) is 0 Å². The maximum atomic E-state index is 12.0. The molecule has 3 unspecified atom stereocenters. The molecule has 0 aliphatic heterocycles. The summed E-state index contributed by atoms with van der Waals surface area (Å²) >= 11 is 0. The van der Waals surface area contributed by atoms with Gasteiger partial charge in [0.25, 0.3) is 0 Å². The molecule has 1 aliphatic rings. The zero-order chi connectivity index (χ0) is 19.4. The van der Waals surface area contributed by atoms with Gasteiger partial charge in [-0.15, -0.1) is 0 Å². The van der Waals surface area contributed by atoms with E-state index in [0.717, 1.165) is 51.4 Å². The van der Waals surface area contributed by atoms with Crippen molar-refractivity contribution < 1.29 is 19.8 Å². The van der Waals surface area contributed by atoms with Crippen LogP contribution in [0.1, 0.15) is 97.3 Å². The van der Waals surface area contributed by atoms with E-state index in [-0.39, 0.29) is 12.3 Å². The van der Waals surface area contributed by atoms with Crippen LogP contribution >= 0.6 is 0 Å². The molecule has 0 saturated heterocycles. The van der Waals surface area contributed by atoms with Gasteiger partial charge in [-0.2, -0.15) is 0 Å². The minimum atomic E-state index is -0.723. The largest absolute Gasteiger partial charge is 0.481 e. The molecule has 0 radical (unpaired) electrons. The zero-order valence-electron chi connectivity index (χ0n) is 16.7. The Morgan fingerprint density at radius 2 is 1.54 bits per heavy atom. The molecular formula is C22H38O4. The molecule has 0 amide bonds. The Labute approximate surface area is 159 Å². The first-order chi connectivity index (χ1) is 12.4. The maximum absolute atomic E-state index is 12.0. The topological polar surface area (TPSA) is 74.6 Å². The minimum absolute atomic E-state index is 0.117. The molecule has 0 aromatic carbocycles. The summed E-state index contributed by atoms with van der Waals surface area (Å²) < 4.78 is 0. The molecule has 26 heavy (non-hydrogen) atoms. The Kier molecular flexibility index (Phi) is 10.6. The van der Waals surface area contributed by atoms with E-state index < -0.39 is 17.4 Å². The monoisotopic (exact) mass is 366 g/mol. The number of hydrogen-bond acceptors (Lipinski definition) is 2. The summed E-state index contributed by atoms with van der Waals surface area (Å²) in [4.78, 5) is 22.4. The van der Waals surface area contributed by atoms with Crippen LogP contribution in [0.5, 0.6) is 0 Å². The number of rotatable bonds is 14. The van der Waals surface area contributed by atoms with Crippen molar-refractivity contribution in [3.63, 3.8) is 0 Å².